The van der Waals surface area contributed by atoms with E-state index in [1.807, 2.05) is 13.0 Å². The number of anilines is 2. The minimum Gasteiger partial charge on any atom is -0.398 e. The Morgan fingerprint density at radius 3 is 2.83 bits per heavy atom. The summed E-state index contributed by atoms with van der Waals surface area (Å²) in [7, 11) is 0. The van der Waals surface area contributed by atoms with E-state index in [2.05, 4.69) is 10.3 Å². The van der Waals surface area contributed by atoms with Crippen molar-refractivity contribution in [3.05, 3.63) is 52.7 Å². The molecule has 18 heavy (non-hydrogen) atoms. The fraction of sp³-hybridized carbons (Fsp3) is 0.0769. The molecule has 0 unspecified atom stereocenters. The zero-order chi connectivity index (χ0) is 13.1. The van der Waals surface area contributed by atoms with Crippen molar-refractivity contribution in [2.24, 2.45) is 0 Å². The molecule has 0 saturated heterocycles. The standard InChI is InChI=1S/C13H12ClN3O/c1-8-3-2-4-10(15)12(8)13(18)17-11-7-9(14)5-6-16-11/h2-7H,15H2,1H3,(H,16,17,18). The van der Waals surface area contributed by atoms with Crippen LogP contribution in [0.5, 0.6) is 0 Å². The van der Waals surface area contributed by atoms with Crippen molar-refractivity contribution < 1.29 is 4.79 Å². The van der Waals surface area contributed by atoms with Crippen LogP contribution in [0, 0.1) is 6.92 Å². The number of rotatable bonds is 2. The molecule has 0 spiro atoms. The first kappa shape index (κ1) is 12.4. The van der Waals surface area contributed by atoms with Crippen LogP contribution in [0.3, 0.4) is 0 Å². The van der Waals surface area contributed by atoms with Gasteiger partial charge in [0.05, 0.1) is 5.56 Å². The van der Waals surface area contributed by atoms with Crippen molar-refractivity contribution in [2.45, 2.75) is 6.92 Å². The number of nitrogens with two attached hydrogens (primary N) is 1. The van der Waals surface area contributed by atoms with E-state index in [0.717, 1.165) is 5.56 Å². The van der Waals surface area contributed by atoms with Crippen molar-refractivity contribution in [1.82, 2.24) is 4.98 Å². The molecule has 5 heteroatoms. The van der Waals surface area contributed by atoms with Gasteiger partial charge in [-0.3, -0.25) is 4.79 Å². The van der Waals surface area contributed by atoms with Crippen LogP contribution in [-0.2, 0) is 0 Å². The van der Waals surface area contributed by atoms with Gasteiger partial charge in [0.1, 0.15) is 5.82 Å². The second-order valence-corrected chi connectivity index (χ2v) is 4.29. The molecule has 92 valence electrons. The van der Waals surface area contributed by atoms with Crippen LogP contribution in [-0.4, -0.2) is 10.9 Å². The lowest BCUT2D eigenvalue weighted by Crippen LogP contribution is -2.16. The summed E-state index contributed by atoms with van der Waals surface area (Å²) in [4.78, 5) is 16.1. The quantitative estimate of drug-likeness (QED) is 0.817. The Balaban J connectivity index is 2.28. The van der Waals surface area contributed by atoms with Crippen LogP contribution in [0.2, 0.25) is 5.02 Å². The highest BCUT2D eigenvalue weighted by Gasteiger charge is 2.13. The molecule has 0 radical (unpaired) electrons. The molecule has 0 bridgehead atoms. The van der Waals surface area contributed by atoms with Crippen LogP contribution >= 0.6 is 11.6 Å². The molecule has 4 nitrogen and oxygen atoms in total. The van der Waals surface area contributed by atoms with Crippen LogP contribution in [0.25, 0.3) is 0 Å². The molecule has 1 amide bonds. The molecule has 2 rings (SSSR count). The van der Waals surface area contributed by atoms with Gasteiger partial charge >= 0.3 is 0 Å². The molecule has 0 aliphatic rings. The number of aryl methyl sites for hydroxylation is 1. The number of nitrogen functional groups attached to an aromatic ring is 1. The van der Waals surface area contributed by atoms with Gasteiger partial charge in [-0.25, -0.2) is 4.98 Å². The van der Waals surface area contributed by atoms with E-state index in [4.69, 9.17) is 17.3 Å². The Labute approximate surface area is 110 Å². The Hall–Kier alpha value is -2.07. The maximum atomic E-state index is 12.1. The van der Waals surface area contributed by atoms with Crippen LogP contribution in [0.15, 0.2) is 36.5 Å². The summed E-state index contributed by atoms with van der Waals surface area (Å²) in [5, 5.41) is 3.18. The molecule has 1 heterocycles. The summed E-state index contributed by atoms with van der Waals surface area (Å²) in [6, 6.07) is 8.54. The van der Waals surface area contributed by atoms with Crippen molar-refractivity contribution >= 4 is 29.0 Å². The summed E-state index contributed by atoms with van der Waals surface area (Å²) in [5.41, 5.74) is 7.51. The Bertz CT molecular complexity index is 578. The van der Waals surface area contributed by atoms with E-state index in [9.17, 15) is 4.79 Å². The lowest BCUT2D eigenvalue weighted by atomic mass is 10.1. The SMILES string of the molecule is Cc1cccc(N)c1C(=O)Nc1cc(Cl)ccn1. The van der Waals surface area contributed by atoms with Crippen molar-refractivity contribution in [3.8, 4) is 0 Å². The van der Waals surface area contributed by atoms with Gasteiger partial charge in [-0.2, -0.15) is 0 Å². The minimum atomic E-state index is -0.291. The molecular formula is C13H12ClN3O. The fourth-order valence-electron chi connectivity index (χ4n) is 1.65. The van der Waals surface area contributed by atoms with Crippen molar-refractivity contribution in [3.63, 3.8) is 0 Å². The van der Waals surface area contributed by atoms with Crippen molar-refractivity contribution in [2.75, 3.05) is 11.1 Å². The molecule has 3 N–H and O–H groups in total. The topological polar surface area (TPSA) is 68.0 Å². The van der Waals surface area contributed by atoms with Gasteiger partial charge in [0.2, 0.25) is 0 Å². The van der Waals surface area contributed by atoms with Crippen LogP contribution < -0.4 is 11.1 Å². The first-order chi connectivity index (χ1) is 8.58. The average molecular weight is 262 g/mol. The number of carbonyl (C=O) groups is 1. The first-order valence-corrected chi connectivity index (χ1v) is 5.73. The summed E-state index contributed by atoms with van der Waals surface area (Å²) in [6.07, 6.45) is 1.53. The number of halogens is 1. The summed E-state index contributed by atoms with van der Waals surface area (Å²) < 4.78 is 0. The second-order valence-electron chi connectivity index (χ2n) is 3.85. The highest BCUT2D eigenvalue weighted by molar-refractivity contribution is 6.30. The first-order valence-electron chi connectivity index (χ1n) is 5.36. The third-order valence-electron chi connectivity index (χ3n) is 2.50. The molecule has 2 aromatic rings. The number of nitrogens with zero attached hydrogens (tertiary/aromatic N) is 1. The predicted molar refractivity (Wildman–Crippen MR) is 72.8 cm³/mol. The Morgan fingerprint density at radius 2 is 2.17 bits per heavy atom. The van der Waals surface area contributed by atoms with E-state index < -0.39 is 0 Å². The largest absolute Gasteiger partial charge is 0.398 e. The normalized spacial score (nSPS) is 10.1. The maximum absolute atomic E-state index is 12.1. The third-order valence-corrected chi connectivity index (χ3v) is 2.73. The summed E-state index contributed by atoms with van der Waals surface area (Å²) in [6.45, 7) is 1.83. The number of carbonyl (C=O) groups excluding carboxylic acids is 1. The number of aromatic nitrogens is 1. The van der Waals surface area contributed by atoms with Gasteiger partial charge in [0.15, 0.2) is 0 Å². The van der Waals surface area contributed by atoms with Gasteiger partial charge in [0.25, 0.3) is 5.91 Å². The molecule has 1 aromatic carbocycles. The zero-order valence-electron chi connectivity index (χ0n) is 9.77. The number of amides is 1. The van der Waals surface area contributed by atoms with E-state index >= 15 is 0 Å². The van der Waals surface area contributed by atoms with Gasteiger partial charge in [-0.05, 0) is 30.7 Å². The zero-order valence-corrected chi connectivity index (χ0v) is 10.5. The van der Waals surface area contributed by atoms with Gasteiger partial charge < -0.3 is 11.1 Å². The summed E-state index contributed by atoms with van der Waals surface area (Å²) >= 11 is 5.82. The molecule has 1 aromatic heterocycles. The van der Waals surface area contributed by atoms with E-state index in [1.165, 1.54) is 6.20 Å². The van der Waals surface area contributed by atoms with Gasteiger partial charge in [0, 0.05) is 16.9 Å². The fourth-order valence-corrected chi connectivity index (χ4v) is 1.81. The molecule has 0 atom stereocenters. The highest BCUT2D eigenvalue weighted by Crippen LogP contribution is 2.18. The summed E-state index contributed by atoms with van der Waals surface area (Å²) in [5.74, 6) is 0.107. The molecule has 0 aliphatic heterocycles. The number of hydrogen-bond acceptors (Lipinski definition) is 3. The Kier molecular flexibility index (Phi) is 3.48. The highest BCUT2D eigenvalue weighted by atomic mass is 35.5. The lowest BCUT2D eigenvalue weighted by molar-refractivity contribution is 0.102. The average Bonchev–Trinajstić information content (AvgIpc) is 2.28. The van der Waals surface area contributed by atoms with E-state index in [0.29, 0.717) is 22.1 Å². The Morgan fingerprint density at radius 1 is 1.39 bits per heavy atom. The van der Waals surface area contributed by atoms with Gasteiger partial charge in [-0.15, -0.1) is 0 Å². The number of pyridine rings is 1. The minimum absolute atomic E-state index is 0.291. The maximum Gasteiger partial charge on any atom is 0.259 e. The number of hydrogen-bond donors (Lipinski definition) is 2. The molecular weight excluding hydrogens is 250 g/mol. The molecule has 0 aliphatic carbocycles. The predicted octanol–water partition coefficient (Wildman–Crippen LogP) is 2.88. The number of nitrogens with one attached hydrogen (secondary N) is 1. The lowest BCUT2D eigenvalue weighted by Gasteiger charge is -2.09. The molecule has 0 fully saturated rings. The number of benzene rings is 1. The van der Waals surface area contributed by atoms with Crippen LogP contribution in [0.1, 0.15) is 15.9 Å². The smallest absolute Gasteiger partial charge is 0.259 e. The third kappa shape index (κ3) is 2.60. The van der Waals surface area contributed by atoms with E-state index in [-0.39, 0.29) is 5.91 Å². The molecule has 0 saturated carbocycles. The van der Waals surface area contributed by atoms with Crippen molar-refractivity contribution in [1.29, 1.82) is 0 Å². The van der Waals surface area contributed by atoms with E-state index in [1.54, 1.807) is 24.3 Å². The van der Waals surface area contributed by atoms with Gasteiger partial charge in [-0.1, -0.05) is 23.7 Å². The monoisotopic (exact) mass is 261 g/mol. The van der Waals surface area contributed by atoms with Crippen LogP contribution in [0.4, 0.5) is 11.5 Å². The second kappa shape index (κ2) is 5.06.